The average molecular weight is 346 g/mol. The zero-order valence-electron chi connectivity index (χ0n) is 14.7. The van der Waals surface area contributed by atoms with Gasteiger partial charge in [0.25, 0.3) is 0 Å². The number of hydrogen-bond donors (Lipinski definition) is 0. The van der Waals surface area contributed by atoms with Gasteiger partial charge in [0.05, 0.1) is 0 Å². The molecule has 0 N–H and O–H groups in total. The number of hydrogen-bond acceptors (Lipinski definition) is 0. The third kappa shape index (κ3) is 4.08. The van der Waals surface area contributed by atoms with E-state index in [0.29, 0.717) is 11.5 Å². The highest BCUT2D eigenvalue weighted by molar-refractivity contribution is 5.64. The normalized spacial score (nSPS) is 20.6. The Morgan fingerprint density at radius 2 is 1.52 bits per heavy atom. The maximum atomic E-state index is 13.9. The fourth-order valence-electron chi connectivity index (χ4n) is 3.96. The van der Waals surface area contributed by atoms with Crippen molar-refractivity contribution in [1.82, 2.24) is 0 Å². The van der Waals surface area contributed by atoms with Crippen LogP contribution in [0.3, 0.4) is 0 Å². The molecule has 0 saturated heterocycles. The van der Waals surface area contributed by atoms with E-state index in [1.165, 1.54) is 56.6 Å². The molecule has 25 heavy (non-hydrogen) atoms. The van der Waals surface area contributed by atoms with Crippen molar-refractivity contribution >= 4 is 0 Å². The van der Waals surface area contributed by atoms with Crippen molar-refractivity contribution < 1.29 is 13.2 Å². The van der Waals surface area contributed by atoms with Crippen molar-refractivity contribution in [1.29, 1.82) is 0 Å². The smallest absolute Gasteiger partial charge is 0.195 e. The monoisotopic (exact) mass is 346 g/mol. The first kappa shape index (κ1) is 18.0. The second-order valence-electron chi connectivity index (χ2n) is 7.20. The number of halogens is 3. The van der Waals surface area contributed by atoms with Crippen LogP contribution in [0, 0.1) is 23.4 Å². The summed E-state index contributed by atoms with van der Waals surface area (Å²) in [6.45, 7) is 2.24. The van der Waals surface area contributed by atoms with E-state index in [2.05, 4.69) is 6.92 Å². The molecule has 134 valence electrons. The van der Waals surface area contributed by atoms with Gasteiger partial charge in [0, 0.05) is 5.56 Å². The first-order valence-electron chi connectivity index (χ1n) is 9.34. The molecule has 1 fully saturated rings. The van der Waals surface area contributed by atoms with Gasteiger partial charge in [-0.3, -0.25) is 0 Å². The van der Waals surface area contributed by atoms with E-state index in [1.54, 1.807) is 0 Å². The van der Waals surface area contributed by atoms with Crippen LogP contribution in [0.2, 0.25) is 0 Å². The van der Waals surface area contributed by atoms with Crippen LogP contribution in [-0.2, 0) is 0 Å². The van der Waals surface area contributed by atoms with Crippen LogP contribution in [0.15, 0.2) is 36.4 Å². The second-order valence-corrected chi connectivity index (χ2v) is 7.20. The SMILES string of the molecule is CCCCC1CCC(c2ccc(-c3ccc(F)c(F)c3F)cc2)CC1. The van der Waals surface area contributed by atoms with Crippen LogP contribution in [0.4, 0.5) is 13.2 Å². The Bertz CT molecular complexity index is 698. The molecule has 3 rings (SSSR count). The minimum absolute atomic E-state index is 0.105. The van der Waals surface area contributed by atoms with Crippen LogP contribution >= 0.6 is 0 Å². The Kier molecular flexibility index (Phi) is 5.82. The summed E-state index contributed by atoms with van der Waals surface area (Å²) >= 11 is 0. The summed E-state index contributed by atoms with van der Waals surface area (Å²) in [4.78, 5) is 0. The molecule has 1 aliphatic rings. The molecule has 0 amide bonds. The molecule has 0 nitrogen and oxygen atoms in total. The van der Waals surface area contributed by atoms with Crippen molar-refractivity contribution in [2.24, 2.45) is 5.92 Å². The number of unbranched alkanes of at least 4 members (excludes halogenated alkanes) is 1. The van der Waals surface area contributed by atoms with Gasteiger partial charge < -0.3 is 0 Å². The maximum absolute atomic E-state index is 13.9. The van der Waals surface area contributed by atoms with E-state index in [1.807, 2.05) is 24.3 Å². The molecule has 2 aromatic carbocycles. The van der Waals surface area contributed by atoms with Crippen molar-refractivity contribution in [2.75, 3.05) is 0 Å². The van der Waals surface area contributed by atoms with E-state index >= 15 is 0 Å². The van der Waals surface area contributed by atoms with Gasteiger partial charge in [-0.05, 0) is 60.8 Å². The predicted octanol–water partition coefficient (Wildman–Crippen LogP) is 7.23. The molecule has 0 aromatic heterocycles. The highest BCUT2D eigenvalue weighted by atomic mass is 19.2. The first-order valence-corrected chi connectivity index (χ1v) is 9.34. The molecule has 1 aliphatic carbocycles. The van der Waals surface area contributed by atoms with Crippen molar-refractivity contribution in [3.63, 3.8) is 0 Å². The number of rotatable bonds is 5. The quantitative estimate of drug-likeness (QED) is 0.501. The lowest BCUT2D eigenvalue weighted by atomic mass is 9.77. The molecule has 0 atom stereocenters. The Morgan fingerprint density at radius 3 is 2.16 bits per heavy atom. The molecule has 0 heterocycles. The van der Waals surface area contributed by atoms with Crippen LogP contribution in [-0.4, -0.2) is 0 Å². The van der Waals surface area contributed by atoms with Gasteiger partial charge in [-0.1, -0.05) is 50.5 Å². The lowest BCUT2D eigenvalue weighted by Crippen LogP contribution is -2.13. The second kappa shape index (κ2) is 8.07. The van der Waals surface area contributed by atoms with Crippen LogP contribution in [0.5, 0.6) is 0 Å². The maximum Gasteiger partial charge on any atom is 0.195 e. The van der Waals surface area contributed by atoms with Crippen molar-refractivity contribution in [3.8, 4) is 11.1 Å². The van der Waals surface area contributed by atoms with Crippen LogP contribution in [0.1, 0.15) is 63.4 Å². The molecule has 0 spiro atoms. The van der Waals surface area contributed by atoms with Gasteiger partial charge in [-0.2, -0.15) is 0 Å². The van der Waals surface area contributed by atoms with E-state index < -0.39 is 17.5 Å². The standard InChI is InChI=1S/C22H25F3/c1-2-3-4-15-5-7-16(8-6-15)17-9-11-18(12-10-17)19-13-14-20(23)22(25)21(19)24/h9-16H,2-8H2,1H3. The van der Waals surface area contributed by atoms with Crippen LogP contribution < -0.4 is 0 Å². The zero-order chi connectivity index (χ0) is 17.8. The van der Waals surface area contributed by atoms with Gasteiger partial charge in [-0.25, -0.2) is 13.2 Å². The molecule has 0 bridgehead atoms. The molecule has 1 saturated carbocycles. The summed E-state index contributed by atoms with van der Waals surface area (Å²) < 4.78 is 40.4. The summed E-state index contributed by atoms with van der Waals surface area (Å²) in [5.41, 5.74) is 1.95. The summed E-state index contributed by atoms with van der Waals surface area (Å²) in [5, 5.41) is 0. The lowest BCUT2D eigenvalue weighted by Gasteiger charge is -2.29. The van der Waals surface area contributed by atoms with Gasteiger partial charge in [-0.15, -0.1) is 0 Å². The predicted molar refractivity (Wildman–Crippen MR) is 96.0 cm³/mol. The number of benzene rings is 2. The Balaban J connectivity index is 1.68. The lowest BCUT2D eigenvalue weighted by molar-refractivity contribution is 0.304. The third-order valence-electron chi connectivity index (χ3n) is 5.54. The van der Waals surface area contributed by atoms with Gasteiger partial charge in [0.1, 0.15) is 0 Å². The molecule has 0 radical (unpaired) electrons. The van der Waals surface area contributed by atoms with Gasteiger partial charge in [0.15, 0.2) is 17.5 Å². The van der Waals surface area contributed by atoms with Crippen molar-refractivity contribution in [3.05, 3.63) is 59.4 Å². The Hall–Kier alpha value is -1.77. The first-order chi connectivity index (χ1) is 12.1. The van der Waals surface area contributed by atoms with Crippen molar-refractivity contribution in [2.45, 2.75) is 57.8 Å². The van der Waals surface area contributed by atoms with E-state index in [-0.39, 0.29) is 5.56 Å². The molecule has 3 heteroatoms. The highest BCUT2D eigenvalue weighted by Gasteiger charge is 2.22. The third-order valence-corrected chi connectivity index (χ3v) is 5.54. The summed E-state index contributed by atoms with van der Waals surface area (Å²) in [5.74, 6) is -2.26. The summed E-state index contributed by atoms with van der Waals surface area (Å²) in [6.07, 6.45) is 8.90. The van der Waals surface area contributed by atoms with E-state index in [9.17, 15) is 13.2 Å². The largest absolute Gasteiger partial charge is 0.204 e. The summed E-state index contributed by atoms with van der Waals surface area (Å²) in [6, 6.07) is 9.91. The van der Waals surface area contributed by atoms with Gasteiger partial charge >= 0.3 is 0 Å². The fourth-order valence-corrected chi connectivity index (χ4v) is 3.96. The molecule has 2 aromatic rings. The van der Waals surface area contributed by atoms with Crippen LogP contribution in [0.25, 0.3) is 11.1 Å². The molecule has 0 aliphatic heterocycles. The molecular weight excluding hydrogens is 321 g/mol. The summed E-state index contributed by atoms with van der Waals surface area (Å²) in [7, 11) is 0. The van der Waals surface area contributed by atoms with E-state index in [0.717, 1.165) is 12.0 Å². The zero-order valence-corrected chi connectivity index (χ0v) is 14.7. The Labute approximate surface area is 148 Å². The highest BCUT2D eigenvalue weighted by Crippen LogP contribution is 2.38. The topological polar surface area (TPSA) is 0 Å². The Morgan fingerprint density at radius 1 is 0.840 bits per heavy atom. The molecular formula is C22H25F3. The van der Waals surface area contributed by atoms with Gasteiger partial charge in [0.2, 0.25) is 0 Å². The average Bonchev–Trinajstić information content (AvgIpc) is 2.65. The minimum Gasteiger partial charge on any atom is -0.204 e. The minimum atomic E-state index is -1.41. The van der Waals surface area contributed by atoms with E-state index in [4.69, 9.17) is 0 Å². The fraction of sp³-hybridized carbons (Fsp3) is 0.455. The molecule has 0 unspecified atom stereocenters.